The van der Waals surface area contributed by atoms with Crippen LogP contribution in [0.25, 0.3) is 0 Å². The van der Waals surface area contributed by atoms with E-state index >= 15 is 0 Å². The van der Waals surface area contributed by atoms with Crippen LogP contribution >= 0.6 is 22.9 Å². The van der Waals surface area contributed by atoms with E-state index in [1.54, 1.807) is 6.20 Å². The van der Waals surface area contributed by atoms with Gasteiger partial charge in [-0.15, -0.1) is 11.3 Å². The van der Waals surface area contributed by atoms with Gasteiger partial charge in [-0.3, -0.25) is 4.79 Å². The van der Waals surface area contributed by atoms with Crippen molar-refractivity contribution in [1.29, 1.82) is 0 Å². The third-order valence-corrected chi connectivity index (χ3v) is 4.70. The molecule has 0 unspecified atom stereocenters. The number of hydrogen-bond acceptors (Lipinski definition) is 4. The minimum Gasteiger partial charge on any atom is -0.380 e. The number of halogens is 1. The normalized spacial score (nSPS) is 14.2. The van der Waals surface area contributed by atoms with Crippen LogP contribution in [-0.2, 0) is 17.8 Å². The molecule has 1 N–H and O–H groups in total. The van der Waals surface area contributed by atoms with Crippen LogP contribution in [0.3, 0.4) is 0 Å². The van der Waals surface area contributed by atoms with Crippen LogP contribution in [-0.4, -0.2) is 17.4 Å². The van der Waals surface area contributed by atoms with E-state index in [9.17, 15) is 4.79 Å². The molecule has 1 aromatic heterocycles. The van der Waals surface area contributed by atoms with E-state index in [1.807, 2.05) is 24.0 Å². The number of amides is 1. The van der Waals surface area contributed by atoms with Crippen LogP contribution in [0.5, 0.6) is 0 Å². The summed E-state index contributed by atoms with van der Waals surface area (Å²) in [6, 6.07) is 6.17. The maximum absolute atomic E-state index is 11.9. The van der Waals surface area contributed by atoms with Gasteiger partial charge in [0, 0.05) is 35.4 Å². The average molecular weight is 322 g/mol. The van der Waals surface area contributed by atoms with Crippen LogP contribution in [0.4, 0.5) is 11.4 Å². The fraction of sp³-hybridized carbons (Fsp3) is 0.333. The van der Waals surface area contributed by atoms with Gasteiger partial charge in [-0.25, -0.2) is 4.98 Å². The number of hydrogen-bond donors (Lipinski definition) is 1. The van der Waals surface area contributed by atoms with Gasteiger partial charge in [-0.2, -0.15) is 0 Å². The predicted molar refractivity (Wildman–Crippen MR) is 87.2 cm³/mol. The van der Waals surface area contributed by atoms with Gasteiger partial charge in [0.15, 0.2) is 4.47 Å². The molecule has 0 aliphatic carbocycles. The van der Waals surface area contributed by atoms with E-state index in [0.717, 1.165) is 29.2 Å². The van der Waals surface area contributed by atoms with Crippen molar-refractivity contribution in [3.05, 3.63) is 39.3 Å². The Balaban J connectivity index is 1.75. The van der Waals surface area contributed by atoms with E-state index in [4.69, 9.17) is 11.6 Å². The zero-order chi connectivity index (χ0) is 14.8. The maximum Gasteiger partial charge on any atom is 0.227 e. The molecule has 0 atom stereocenters. The molecular formula is C15H16ClN3OS. The van der Waals surface area contributed by atoms with Gasteiger partial charge in [0.05, 0.1) is 6.54 Å². The van der Waals surface area contributed by atoms with E-state index in [2.05, 4.69) is 16.4 Å². The minimum absolute atomic E-state index is 0.213. The van der Waals surface area contributed by atoms with Gasteiger partial charge in [-0.1, -0.05) is 11.6 Å². The third-order valence-electron chi connectivity index (χ3n) is 3.59. The summed E-state index contributed by atoms with van der Waals surface area (Å²) in [5.74, 6) is 0.213. The second-order valence-corrected chi connectivity index (χ2v) is 6.61. The maximum atomic E-state index is 11.9. The molecule has 0 saturated heterocycles. The van der Waals surface area contributed by atoms with E-state index < -0.39 is 0 Å². The van der Waals surface area contributed by atoms with Gasteiger partial charge in [0.2, 0.25) is 5.91 Å². The van der Waals surface area contributed by atoms with Gasteiger partial charge in [0.25, 0.3) is 0 Å². The first kappa shape index (κ1) is 14.4. The second kappa shape index (κ2) is 6.03. The fourth-order valence-corrected chi connectivity index (χ4v) is 3.49. The SMILES string of the molecule is CCN1C(=O)CCc2cc(NCc3cnc(Cl)s3)ccc21. The highest BCUT2D eigenvalue weighted by Gasteiger charge is 2.22. The molecule has 0 fully saturated rings. The standard InChI is InChI=1S/C15H16ClN3OS/c1-2-19-13-5-4-11(7-10(13)3-6-14(19)20)17-8-12-9-18-15(16)21-12/h4-5,7,9,17H,2-3,6,8H2,1H3. The molecule has 0 saturated carbocycles. The summed E-state index contributed by atoms with van der Waals surface area (Å²) in [6.07, 6.45) is 3.19. The number of anilines is 2. The van der Waals surface area contributed by atoms with Crippen molar-refractivity contribution < 1.29 is 4.79 Å². The number of nitrogens with one attached hydrogen (secondary N) is 1. The topological polar surface area (TPSA) is 45.2 Å². The number of aromatic nitrogens is 1. The van der Waals surface area contributed by atoms with Crippen molar-refractivity contribution in [2.24, 2.45) is 0 Å². The number of carbonyl (C=O) groups excluding carboxylic acids is 1. The summed E-state index contributed by atoms with van der Waals surface area (Å²) in [5.41, 5.74) is 3.33. The average Bonchev–Trinajstić information content (AvgIpc) is 2.90. The molecule has 6 heteroatoms. The first-order valence-electron chi connectivity index (χ1n) is 6.94. The molecular weight excluding hydrogens is 306 g/mol. The summed E-state index contributed by atoms with van der Waals surface area (Å²) >= 11 is 7.30. The molecule has 1 aromatic carbocycles. The lowest BCUT2D eigenvalue weighted by Crippen LogP contribution is -2.34. The summed E-state index contributed by atoms with van der Waals surface area (Å²) in [5, 5.41) is 3.38. The summed E-state index contributed by atoms with van der Waals surface area (Å²) in [4.78, 5) is 18.9. The van der Waals surface area contributed by atoms with Crippen molar-refractivity contribution >= 4 is 40.2 Å². The lowest BCUT2D eigenvalue weighted by molar-refractivity contribution is -0.118. The van der Waals surface area contributed by atoms with Crippen LogP contribution < -0.4 is 10.2 Å². The molecule has 1 aliphatic heterocycles. The summed E-state index contributed by atoms with van der Waals surface area (Å²) < 4.78 is 0.564. The highest BCUT2D eigenvalue weighted by Crippen LogP contribution is 2.30. The number of nitrogens with zero attached hydrogens (tertiary/aromatic N) is 2. The molecule has 21 heavy (non-hydrogen) atoms. The molecule has 110 valence electrons. The van der Waals surface area contributed by atoms with Gasteiger partial charge in [0.1, 0.15) is 0 Å². The molecule has 1 aliphatic rings. The van der Waals surface area contributed by atoms with E-state index in [-0.39, 0.29) is 5.91 Å². The highest BCUT2D eigenvalue weighted by molar-refractivity contribution is 7.15. The smallest absolute Gasteiger partial charge is 0.227 e. The first-order chi connectivity index (χ1) is 10.2. The number of aryl methyl sites for hydroxylation is 1. The number of carbonyl (C=O) groups is 1. The molecule has 2 heterocycles. The predicted octanol–water partition coefficient (Wildman–Crippen LogP) is 3.71. The monoisotopic (exact) mass is 321 g/mol. The lowest BCUT2D eigenvalue weighted by Gasteiger charge is -2.28. The third kappa shape index (κ3) is 3.04. The van der Waals surface area contributed by atoms with Crippen molar-refractivity contribution in [3.8, 4) is 0 Å². The van der Waals surface area contributed by atoms with Crippen molar-refractivity contribution in [2.45, 2.75) is 26.3 Å². The Morgan fingerprint density at radius 2 is 2.29 bits per heavy atom. The molecule has 0 bridgehead atoms. The second-order valence-electron chi connectivity index (χ2n) is 4.91. The fourth-order valence-electron chi connectivity index (χ4n) is 2.57. The number of thiazole rings is 1. The Morgan fingerprint density at radius 3 is 3.00 bits per heavy atom. The molecule has 4 nitrogen and oxygen atoms in total. The molecule has 0 radical (unpaired) electrons. The van der Waals surface area contributed by atoms with Crippen LogP contribution in [0.2, 0.25) is 4.47 Å². The van der Waals surface area contributed by atoms with Gasteiger partial charge in [-0.05, 0) is 37.1 Å². The van der Waals surface area contributed by atoms with Crippen molar-refractivity contribution in [2.75, 3.05) is 16.8 Å². The number of benzene rings is 1. The lowest BCUT2D eigenvalue weighted by atomic mass is 10.0. The Hall–Kier alpha value is -1.59. The van der Waals surface area contributed by atoms with Crippen LogP contribution in [0, 0.1) is 0 Å². The zero-order valence-electron chi connectivity index (χ0n) is 11.7. The zero-order valence-corrected chi connectivity index (χ0v) is 13.3. The summed E-state index contributed by atoms with van der Waals surface area (Å²) in [7, 11) is 0. The van der Waals surface area contributed by atoms with E-state index in [1.165, 1.54) is 16.9 Å². The largest absolute Gasteiger partial charge is 0.380 e. The van der Waals surface area contributed by atoms with Gasteiger partial charge >= 0.3 is 0 Å². The molecule has 1 amide bonds. The van der Waals surface area contributed by atoms with Crippen LogP contribution in [0.15, 0.2) is 24.4 Å². The van der Waals surface area contributed by atoms with Crippen molar-refractivity contribution in [1.82, 2.24) is 4.98 Å². The minimum atomic E-state index is 0.213. The first-order valence-corrected chi connectivity index (χ1v) is 8.14. The molecule has 3 rings (SSSR count). The van der Waals surface area contributed by atoms with Gasteiger partial charge < -0.3 is 10.2 Å². The van der Waals surface area contributed by atoms with Crippen molar-refractivity contribution in [3.63, 3.8) is 0 Å². The van der Waals surface area contributed by atoms with Crippen LogP contribution in [0.1, 0.15) is 23.8 Å². The summed E-state index contributed by atoms with van der Waals surface area (Å²) in [6.45, 7) is 3.43. The molecule has 0 spiro atoms. The molecule has 2 aromatic rings. The Kier molecular flexibility index (Phi) is 4.12. The highest BCUT2D eigenvalue weighted by atomic mass is 35.5. The Bertz CT molecular complexity index is 671. The Labute approximate surface area is 132 Å². The van der Waals surface area contributed by atoms with E-state index in [0.29, 0.717) is 17.4 Å². The number of fused-ring (bicyclic) bond motifs is 1. The number of rotatable bonds is 4. The quantitative estimate of drug-likeness (QED) is 0.933. The Morgan fingerprint density at radius 1 is 1.43 bits per heavy atom.